The van der Waals surface area contributed by atoms with Gasteiger partial charge in [-0.2, -0.15) is 9.37 Å². The van der Waals surface area contributed by atoms with E-state index in [4.69, 9.17) is 4.74 Å². The van der Waals surface area contributed by atoms with Gasteiger partial charge < -0.3 is 15.0 Å². The fraction of sp³-hybridized carbons (Fsp3) is 0.389. The molecule has 2 heterocycles. The summed E-state index contributed by atoms with van der Waals surface area (Å²) in [6.07, 6.45) is 2.15. The quantitative estimate of drug-likeness (QED) is 0.905. The number of aryl methyl sites for hydroxylation is 1. The molecule has 1 N–H and O–H groups in total. The lowest BCUT2D eigenvalue weighted by atomic mass is 10.2. The zero-order valence-electron chi connectivity index (χ0n) is 14.1. The Morgan fingerprint density at radius 1 is 1.36 bits per heavy atom. The second-order valence-corrected chi connectivity index (χ2v) is 5.91. The molecule has 1 saturated heterocycles. The van der Waals surface area contributed by atoms with Crippen molar-refractivity contribution < 1.29 is 13.9 Å². The lowest BCUT2D eigenvalue weighted by Crippen LogP contribution is -2.39. The molecule has 0 unspecified atom stereocenters. The zero-order valence-corrected chi connectivity index (χ0v) is 14.1. The highest BCUT2D eigenvalue weighted by Gasteiger charge is 2.28. The van der Waals surface area contributed by atoms with Crippen LogP contribution in [-0.4, -0.2) is 40.1 Å². The van der Waals surface area contributed by atoms with Gasteiger partial charge in [-0.1, -0.05) is 37.3 Å². The molecular formula is C18H21FN4O2. The van der Waals surface area contributed by atoms with Crippen LogP contribution in [0, 0.1) is 5.82 Å². The number of nitrogens with one attached hydrogen (secondary N) is 1. The number of nitrogens with zero attached hydrogens (tertiary/aromatic N) is 3. The predicted octanol–water partition coefficient (Wildman–Crippen LogP) is 2.54. The van der Waals surface area contributed by atoms with Gasteiger partial charge in [0, 0.05) is 19.5 Å². The Kier molecular flexibility index (Phi) is 5.42. The summed E-state index contributed by atoms with van der Waals surface area (Å²) in [7, 11) is 0. The molecule has 1 aromatic heterocycles. The topological polar surface area (TPSA) is 67.4 Å². The number of aromatic nitrogens is 2. The average molecular weight is 344 g/mol. The second kappa shape index (κ2) is 7.92. The molecule has 132 valence electrons. The fourth-order valence-electron chi connectivity index (χ4n) is 2.77. The molecule has 2 amide bonds. The van der Waals surface area contributed by atoms with Crippen LogP contribution in [0.5, 0.6) is 5.88 Å². The maximum Gasteiger partial charge on any atom is 0.317 e. The van der Waals surface area contributed by atoms with E-state index in [1.165, 1.54) is 6.33 Å². The molecule has 0 saturated carbocycles. The molecule has 1 aliphatic rings. The van der Waals surface area contributed by atoms with Crippen molar-refractivity contribution in [3.63, 3.8) is 0 Å². The van der Waals surface area contributed by atoms with E-state index in [-0.39, 0.29) is 18.0 Å². The Hall–Kier alpha value is -2.70. The molecule has 3 rings (SSSR count). The molecule has 2 aromatic rings. The monoisotopic (exact) mass is 344 g/mol. The predicted molar refractivity (Wildman–Crippen MR) is 90.7 cm³/mol. The number of likely N-dealkylation sites (tertiary alicyclic amines) is 1. The largest absolute Gasteiger partial charge is 0.470 e. The second-order valence-electron chi connectivity index (χ2n) is 5.91. The number of ether oxygens (including phenoxy) is 1. The number of rotatable bonds is 5. The minimum absolute atomic E-state index is 0.0385. The van der Waals surface area contributed by atoms with Crippen molar-refractivity contribution >= 4 is 6.03 Å². The minimum Gasteiger partial charge on any atom is -0.470 e. The van der Waals surface area contributed by atoms with E-state index >= 15 is 0 Å². The highest BCUT2D eigenvalue weighted by Crippen LogP contribution is 2.21. The Bertz CT molecular complexity index is 726. The van der Waals surface area contributed by atoms with Gasteiger partial charge in [-0.3, -0.25) is 0 Å². The van der Waals surface area contributed by atoms with Crippen molar-refractivity contribution in [1.82, 2.24) is 20.2 Å². The van der Waals surface area contributed by atoms with E-state index in [1.54, 1.807) is 4.90 Å². The molecule has 7 heteroatoms. The van der Waals surface area contributed by atoms with Gasteiger partial charge in [0.05, 0.1) is 12.2 Å². The van der Waals surface area contributed by atoms with Crippen LogP contribution >= 0.6 is 0 Å². The highest BCUT2D eigenvalue weighted by molar-refractivity contribution is 5.74. The van der Waals surface area contributed by atoms with Crippen molar-refractivity contribution in [3.8, 4) is 5.88 Å². The molecule has 0 aliphatic carbocycles. The summed E-state index contributed by atoms with van der Waals surface area (Å²) >= 11 is 0. The van der Waals surface area contributed by atoms with Crippen LogP contribution in [0.3, 0.4) is 0 Å². The van der Waals surface area contributed by atoms with E-state index < -0.39 is 5.82 Å². The van der Waals surface area contributed by atoms with E-state index in [1.807, 2.05) is 37.3 Å². The third-order valence-corrected chi connectivity index (χ3v) is 4.16. The van der Waals surface area contributed by atoms with Gasteiger partial charge in [0.1, 0.15) is 12.4 Å². The van der Waals surface area contributed by atoms with Crippen molar-refractivity contribution in [2.45, 2.75) is 32.4 Å². The third-order valence-electron chi connectivity index (χ3n) is 4.16. The Balaban J connectivity index is 1.52. The third kappa shape index (κ3) is 4.23. The molecule has 1 fully saturated rings. The number of hydrogen-bond donors (Lipinski definition) is 1. The maximum atomic E-state index is 14.1. The minimum atomic E-state index is -0.517. The van der Waals surface area contributed by atoms with Crippen LogP contribution in [0.25, 0.3) is 0 Å². The molecule has 6 nitrogen and oxygen atoms in total. The smallest absolute Gasteiger partial charge is 0.317 e. The number of urea groups is 1. The van der Waals surface area contributed by atoms with Crippen LogP contribution in [0.15, 0.2) is 36.7 Å². The molecule has 1 aromatic carbocycles. The van der Waals surface area contributed by atoms with Gasteiger partial charge in [-0.15, -0.1) is 0 Å². The molecule has 0 spiro atoms. The van der Waals surface area contributed by atoms with E-state index in [0.717, 1.165) is 5.56 Å². The number of halogens is 1. The van der Waals surface area contributed by atoms with Crippen molar-refractivity contribution in [2.24, 2.45) is 0 Å². The van der Waals surface area contributed by atoms with E-state index in [2.05, 4.69) is 15.3 Å². The van der Waals surface area contributed by atoms with E-state index in [9.17, 15) is 9.18 Å². The average Bonchev–Trinajstić information content (AvgIpc) is 3.11. The SMILES string of the molecule is CCc1ncnc(O[C@H]2CCN(C(=O)NCc3ccccc3)C2)c1F. The maximum absolute atomic E-state index is 14.1. The number of amides is 2. The van der Waals surface area contributed by atoms with Gasteiger partial charge in [-0.25, -0.2) is 9.78 Å². The molecule has 0 radical (unpaired) electrons. The first-order chi connectivity index (χ1) is 12.2. The normalized spacial score (nSPS) is 16.7. The van der Waals surface area contributed by atoms with Crippen LogP contribution < -0.4 is 10.1 Å². The summed E-state index contributed by atoms with van der Waals surface area (Å²) in [5, 5.41) is 2.89. The molecule has 25 heavy (non-hydrogen) atoms. The summed E-state index contributed by atoms with van der Waals surface area (Å²) in [6, 6.07) is 9.57. The van der Waals surface area contributed by atoms with Crippen LogP contribution in [-0.2, 0) is 13.0 Å². The van der Waals surface area contributed by atoms with Gasteiger partial charge in [0.25, 0.3) is 5.88 Å². The first kappa shape index (κ1) is 17.1. The first-order valence-electron chi connectivity index (χ1n) is 8.40. The molecule has 1 atom stereocenters. The van der Waals surface area contributed by atoms with Crippen molar-refractivity contribution in [1.29, 1.82) is 0 Å². The van der Waals surface area contributed by atoms with Gasteiger partial charge in [0.15, 0.2) is 0 Å². The number of hydrogen-bond acceptors (Lipinski definition) is 4. The standard InChI is InChI=1S/C18H21FN4O2/c1-2-15-16(19)17(22-12-21-15)25-14-8-9-23(11-14)18(24)20-10-13-6-4-3-5-7-13/h3-7,12,14H,2,8-11H2,1H3,(H,20,24)/t14-/m0/s1. The lowest BCUT2D eigenvalue weighted by molar-refractivity contribution is 0.177. The highest BCUT2D eigenvalue weighted by atomic mass is 19.1. The zero-order chi connectivity index (χ0) is 17.6. The summed E-state index contributed by atoms with van der Waals surface area (Å²) < 4.78 is 19.8. The van der Waals surface area contributed by atoms with Crippen molar-refractivity contribution in [2.75, 3.05) is 13.1 Å². The molecule has 1 aliphatic heterocycles. The summed E-state index contributed by atoms with van der Waals surface area (Å²) in [6.45, 7) is 3.27. The first-order valence-corrected chi connectivity index (χ1v) is 8.40. The van der Waals surface area contributed by atoms with Crippen molar-refractivity contribution in [3.05, 3.63) is 53.7 Å². The number of carbonyl (C=O) groups excluding carboxylic acids is 1. The number of benzene rings is 1. The Labute approximate surface area is 146 Å². The van der Waals surface area contributed by atoms with Gasteiger partial charge >= 0.3 is 6.03 Å². The van der Waals surface area contributed by atoms with Gasteiger partial charge in [0.2, 0.25) is 5.82 Å². The van der Waals surface area contributed by atoms with Crippen LogP contribution in [0.4, 0.5) is 9.18 Å². The molecular weight excluding hydrogens is 323 g/mol. The van der Waals surface area contributed by atoms with E-state index in [0.29, 0.717) is 38.2 Å². The lowest BCUT2D eigenvalue weighted by Gasteiger charge is -2.18. The Morgan fingerprint density at radius 3 is 2.92 bits per heavy atom. The van der Waals surface area contributed by atoms with Crippen LogP contribution in [0.2, 0.25) is 0 Å². The Morgan fingerprint density at radius 2 is 2.16 bits per heavy atom. The molecule has 0 bridgehead atoms. The number of carbonyl (C=O) groups is 1. The summed E-state index contributed by atoms with van der Waals surface area (Å²) in [5.41, 5.74) is 1.37. The van der Waals surface area contributed by atoms with Gasteiger partial charge in [-0.05, 0) is 12.0 Å². The van der Waals surface area contributed by atoms with Crippen LogP contribution in [0.1, 0.15) is 24.6 Å². The fourth-order valence-corrected chi connectivity index (χ4v) is 2.77. The summed E-state index contributed by atoms with van der Waals surface area (Å²) in [5.74, 6) is -0.555. The summed E-state index contributed by atoms with van der Waals surface area (Å²) in [4.78, 5) is 21.7.